The average Bonchev–Trinajstić information content (AvgIpc) is 2.68. The monoisotopic (exact) mass is 395 g/mol. The number of oxime groups is 2. The number of rotatable bonds is 10. The lowest BCUT2D eigenvalue weighted by atomic mass is 9.81. The van der Waals surface area contributed by atoms with Gasteiger partial charge in [-0.05, 0) is 97.2 Å². The molecule has 162 valence electrons. The fourth-order valence-electron chi connectivity index (χ4n) is 4.86. The highest BCUT2D eigenvalue weighted by atomic mass is 16.4. The van der Waals surface area contributed by atoms with E-state index >= 15 is 0 Å². The van der Waals surface area contributed by atoms with E-state index in [1.165, 1.54) is 12.8 Å². The summed E-state index contributed by atoms with van der Waals surface area (Å²) in [4.78, 5) is 0. The van der Waals surface area contributed by atoms with Crippen LogP contribution in [0.3, 0.4) is 0 Å². The third-order valence-corrected chi connectivity index (χ3v) is 6.91. The molecule has 2 fully saturated rings. The van der Waals surface area contributed by atoms with Crippen LogP contribution in [0.2, 0.25) is 0 Å². The Balaban J connectivity index is 1.79. The second kappa shape index (κ2) is 11.1. The van der Waals surface area contributed by atoms with E-state index in [1.807, 2.05) is 0 Å². The first-order valence-electron chi connectivity index (χ1n) is 11.1. The molecule has 2 aliphatic rings. The summed E-state index contributed by atoms with van der Waals surface area (Å²) in [5.74, 6) is 0.549. The van der Waals surface area contributed by atoms with Crippen molar-refractivity contribution in [2.24, 2.45) is 22.0 Å². The molecule has 0 heterocycles. The van der Waals surface area contributed by atoms with Crippen LogP contribution in [0.5, 0.6) is 0 Å². The summed E-state index contributed by atoms with van der Waals surface area (Å²) >= 11 is 0. The van der Waals surface area contributed by atoms with Crippen LogP contribution in [0.15, 0.2) is 10.3 Å². The number of nitrogens with one attached hydrogen (secondary N) is 2. The molecule has 0 aromatic heterocycles. The first-order chi connectivity index (χ1) is 13.5. The van der Waals surface area contributed by atoms with Gasteiger partial charge in [0.15, 0.2) is 0 Å². The highest BCUT2D eigenvalue weighted by molar-refractivity contribution is 5.93. The molecule has 0 spiro atoms. The second-order valence-electron chi connectivity index (χ2n) is 9.05. The molecule has 2 atom stereocenters. The van der Waals surface area contributed by atoms with E-state index in [2.05, 4.69) is 34.8 Å². The first-order valence-corrected chi connectivity index (χ1v) is 11.1. The molecule has 0 radical (unpaired) electrons. The van der Waals surface area contributed by atoms with E-state index in [0.29, 0.717) is 12.5 Å². The zero-order valence-electron chi connectivity index (χ0n) is 17.8. The fraction of sp³-hybridized carbons (Fsp3) is 0.905. The van der Waals surface area contributed by atoms with Crippen LogP contribution in [0.4, 0.5) is 0 Å². The van der Waals surface area contributed by atoms with Gasteiger partial charge in [-0.15, -0.1) is 0 Å². The molecular formula is C21H41N5O2. The smallest absolute Gasteiger partial charge is 0.0768 e. The lowest BCUT2D eigenvalue weighted by Gasteiger charge is -2.36. The SMILES string of the molecule is CC1(NCCC(CCN)CCNC2(C)CCCC/C2=N\O)CCCC/C1=N\O. The molecule has 2 saturated carbocycles. The van der Waals surface area contributed by atoms with Gasteiger partial charge in [-0.1, -0.05) is 23.2 Å². The summed E-state index contributed by atoms with van der Waals surface area (Å²) in [6, 6.07) is 0. The van der Waals surface area contributed by atoms with Crippen LogP contribution in [-0.2, 0) is 0 Å². The molecule has 2 aliphatic carbocycles. The Morgan fingerprint density at radius 1 is 0.857 bits per heavy atom. The number of hydrogen-bond acceptors (Lipinski definition) is 7. The van der Waals surface area contributed by atoms with Gasteiger partial charge in [-0.25, -0.2) is 0 Å². The predicted octanol–water partition coefficient (Wildman–Crippen LogP) is 3.24. The van der Waals surface area contributed by atoms with Crippen molar-refractivity contribution in [3.8, 4) is 0 Å². The van der Waals surface area contributed by atoms with Crippen LogP contribution in [0.1, 0.15) is 84.5 Å². The molecular weight excluding hydrogens is 354 g/mol. The Morgan fingerprint density at radius 2 is 1.32 bits per heavy atom. The quantitative estimate of drug-likeness (QED) is 0.288. The van der Waals surface area contributed by atoms with Crippen molar-refractivity contribution in [1.29, 1.82) is 0 Å². The van der Waals surface area contributed by atoms with Gasteiger partial charge >= 0.3 is 0 Å². The summed E-state index contributed by atoms with van der Waals surface area (Å²) in [6.45, 7) is 6.81. The largest absolute Gasteiger partial charge is 0.411 e. The molecule has 0 aromatic carbocycles. The van der Waals surface area contributed by atoms with E-state index < -0.39 is 0 Å². The minimum Gasteiger partial charge on any atom is -0.411 e. The van der Waals surface area contributed by atoms with E-state index in [4.69, 9.17) is 5.73 Å². The maximum absolute atomic E-state index is 9.32. The summed E-state index contributed by atoms with van der Waals surface area (Å²) in [6.07, 6.45) is 11.5. The topological polar surface area (TPSA) is 115 Å². The van der Waals surface area contributed by atoms with Gasteiger partial charge in [-0.2, -0.15) is 0 Å². The molecule has 28 heavy (non-hydrogen) atoms. The summed E-state index contributed by atoms with van der Waals surface area (Å²) in [5, 5.41) is 33.0. The Morgan fingerprint density at radius 3 is 1.71 bits per heavy atom. The minimum atomic E-state index is -0.180. The lowest BCUT2D eigenvalue weighted by Crippen LogP contribution is -2.52. The molecule has 7 heteroatoms. The molecule has 0 aliphatic heterocycles. The van der Waals surface area contributed by atoms with Crippen LogP contribution in [0, 0.1) is 5.92 Å². The van der Waals surface area contributed by atoms with Gasteiger partial charge in [0.2, 0.25) is 0 Å². The zero-order valence-corrected chi connectivity index (χ0v) is 17.8. The number of nitrogens with two attached hydrogens (primary N) is 1. The van der Waals surface area contributed by atoms with Gasteiger partial charge in [0.05, 0.1) is 22.5 Å². The van der Waals surface area contributed by atoms with Crippen molar-refractivity contribution < 1.29 is 10.4 Å². The number of nitrogens with zero attached hydrogens (tertiary/aromatic N) is 2. The summed E-state index contributed by atoms with van der Waals surface area (Å²) in [7, 11) is 0. The molecule has 7 nitrogen and oxygen atoms in total. The number of hydrogen-bond donors (Lipinski definition) is 5. The third-order valence-electron chi connectivity index (χ3n) is 6.91. The van der Waals surface area contributed by atoms with Gasteiger partial charge in [-0.3, -0.25) is 0 Å². The highest BCUT2D eigenvalue weighted by Gasteiger charge is 2.34. The third kappa shape index (κ3) is 6.16. The fourth-order valence-corrected chi connectivity index (χ4v) is 4.86. The van der Waals surface area contributed by atoms with Gasteiger partial charge in [0.25, 0.3) is 0 Å². The van der Waals surface area contributed by atoms with Crippen LogP contribution in [-0.4, -0.2) is 52.5 Å². The first kappa shape index (κ1) is 23.1. The van der Waals surface area contributed by atoms with Gasteiger partial charge in [0, 0.05) is 0 Å². The maximum atomic E-state index is 9.32. The molecule has 2 rings (SSSR count). The van der Waals surface area contributed by atoms with Crippen molar-refractivity contribution in [2.45, 2.75) is 95.6 Å². The molecule has 0 bridgehead atoms. The van der Waals surface area contributed by atoms with Crippen LogP contribution >= 0.6 is 0 Å². The van der Waals surface area contributed by atoms with Gasteiger partial charge < -0.3 is 26.8 Å². The standard InChI is InChI=1S/C21H41N5O2/c1-20(12-5-3-7-18(20)25-27)23-15-10-17(9-14-22)11-16-24-21(2)13-6-4-8-19(21)26-28/h17,23-24,27-28H,3-16,22H2,1-2H3/b25-18+,26-19+. The minimum absolute atomic E-state index is 0.180. The Bertz CT molecular complexity index is 495. The van der Waals surface area contributed by atoms with Gasteiger partial charge in [0.1, 0.15) is 0 Å². The Hall–Kier alpha value is -1.18. The van der Waals surface area contributed by atoms with E-state index in [-0.39, 0.29) is 11.1 Å². The predicted molar refractivity (Wildman–Crippen MR) is 115 cm³/mol. The van der Waals surface area contributed by atoms with Crippen molar-refractivity contribution >= 4 is 11.4 Å². The highest BCUT2D eigenvalue weighted by Crippen LogP contribution is 2.27. The molecule has 0 aromatic rings. The lowest BCUT2D eigenvalue weighted by molar-refractivity contribution is 0.288. The molecule has 6 N–H and O–H groups in total. The summed E-state index contributed by atoms with van der Waals surface area (Å²) in [5.41, 5.74) is 7.26. The molecule has 0 amide bonds. The zero-order chi connectivity index (χ0) is 20.5. The Labute approximate surface area is 170 Å². The Kier molecular flexibility index (Phi) is 9.18. The van der Waals surface area contributed by atoms with E-state index in [1.54, 1.807) is 0 Å². The molecule has 2 unspecified atom stereocenters. The second-order valence-corrected chi connectivity index (χ2v) is 9.05. The maximum Gasteiger partial charge on any atom is 0.0768 e. The van der Waals surface area contributed by atoms with Crippen molar-refractivity contribution in [1.82, 2.24) is 10.6 Å². The van der Waals surface area contributed by atoms with Crippen molar-refractivity contribution in [3.63, 3.8) is 0 Å². The van der Waals surface area contributed by atoms with Crippen molar-refractivity contribution in [2.75, 3.05) is 19.6 Å². The summed E-state index contributed by atoms with van der Waals surface area (Å²) < 4.78 is 0. The van der Waals surface area contributed by atoms with Crippen LogP contribution in [0.25, 0.3) is 0 Å². The van der Waals surface area contributed by atoms with E-state index in [0.717, 1.165) is 82.3 Å². The van der Waals surface area contributed by atoms with Crippen molar-refractivity contribution in [3.05, 3.63) is 0 Å². The average molecular weight is 396 g/mol. The van der Waals surface area contributed by atoms with Crippen LogP contribution < -0.4 is 16.4 Å². The van der Waals surface area contributed by atoms with E-state index in [9.17, 15) is 10.4 Å². The molecule has 0 saturated heterocycles. The normalized spacial score (nSPS) is 32.7.